The predicted octanol–water partition coefficient (Wildman–Crippen LogP) is 4.10. The van der Waals surface area contributed by atoms with Gasteiger partial charge in [0.2, 0.25) is 5.91 Å². The van der Waals surface area contributed by atoms with E-state index >= 15 is 0 Å². The minimum Gasteiger partial charge on any atom is -0.481 e. The molecule has 8 nitrogen and oxygen atoms in total. The molecule has 0 saturated carbocycles. The van der Waals surface area contributed by atoms with Crippen LogP contribution >= 0.6 is 0 Å². The standard InChI is InChI=1S/C26H25N3O5/c1-16-22(11-6-14-27-16)28-25(32)23(12-13-24(30)31)29-26(33)34-15-21-19-9-4-2-7-17(19)18-8-3-5-10-20(18)21/h2-11,14,21,23H,12-13,15H2,1H3,(H,28,32)(H,29,33)(H,30,31). The number of nitrogens with one attached hydrogen (secondary N) is 2. The number of fused-ring (bicyclic) bond motifs is 3. The number of nitrogens with zero attached hydrogens (tertiary/aromatic N) is 1. The van der Waals surface area contributed by atoms with Gasteiger partial charge in [-0.2, -0.15) is 0 Å². The Morgan fingerprint density at radius 1 is 1.00 bits per heavy atom. The molecule has 8 heteroatoms. The van der Waals surface area contributed by atoms with Crippen molar-refractivity contribution in [1.29, 1.82) is 0 Å². The van der Waals surface area contributed by atoms with Gasteiger partial charge in [-0.1, -0.05) is 48.5 Å². The van der Waals surface area contributed by atoms with Crippen LogP contribution in [0.1, 0.15) is 35.6 Å². The number of hydrogen-bond acceptors (Lipinski definition) is 5. The molecule has 0 saturated heterocycles. The normalized spacial score (nSPS) is 12.9. The number of carbonyl (C=O) groups is 3. The molecule has 1 heterocycles. The van der Waals surface area contributed by atoms with Crippen molar-refractivity contribution < 1.29 is 24.2 Å². The van der Waals surface area contributed by atoms with E-state index in [4.69, 9.17) is 9.84 Å². The van der Waals surface area contributed by atoms with Crippen LogP contribution < -0.4 is 10.6 Å². The highest BCUT2D eigenvalue weighted by molar-refractivity contribution is 5.97. The summed E-state index contributed by atoms with van der Waals surface area (Å²) in [5, 5.41) is 14.3. The molecule has 3 aromatic rings. The second-order valence-electron chi connectivity index (χ2n) is 8.08. The molecule has 1 atom stereocenters. The summed E-state index contributed by atoms with van der Waals surface area (Å²) in [6.07, 6.45) is 0.454. The van der Waals surface area contributed by atoms with Gasteiger partial charge in [-0.15, -0.1) is 0 Å². The van der Waals surface area contributed by atoms with Gasteiger partial charge in [0.25, 0.3) is 0 Å². The fraction of sp³-hybridized carbons (Fsp3) is 0.231. The number of pyridine rings is 1. The summed E-state index contributed by atoms with van der Waals surface area (Å²) in [6.45, 7) is 1.83. The van der Waals surface area contributed by atoms with Gasteiger partial charge in [0, 0.05) is 18.5 Å². The monoisotopic (exact) mass is 459 g/mol. The number of carboxylic acid groups (broad SMARTS) is 1. The number of anilines is 1. The van der Waals surface area contributed by atoms with Gasteiger partial charge in [0.1, 0.15) is 12.6 Å². The second-order valence-corrected chi connectivity index (χ2v) is 8.08. The zero-order chi connectivity index (χ0) is 24.1. The van der Waals surface area contributed by atoms with E-state index in [0.717, 1.165) is 22.3 Å². The van der Waals surface area contributed by atoms with Crippen LogP contribution in [0.4, 0.5) is 10.5 Å². The molecule has 3 N–H and O–H groups in total. The molecule has 0 bridgehead atoms. The summed E-state index contributed by atoms with van der Waals surface area (Å²) >= 11 is 0. The van der Waals surface area contributed by atoms with Crippen LogP contribution in [-0.4, -0.2) is 40.7 Å². The zero-order valence-corrected chi connectivity index (χ0v) is 18.7. The molecule has 174 valence electrons. The van der Waals surface area contributed by atoms with E-state index in [1.165, 1.54) is 0 Å². The van der Waals surface area contributed by atoms with Crippen molar-refractivity contribution in [2.45, 2.75) is 31.7 Å². The Labute approximate surface area is 197 Å². The smallest absolute Gasteiger partial charge is 0.407 e. The maximum absolute atomic E-state index is 12.8. The Bertz CT molecular complexity index is 1180. The first-order valence-electron chi connectivity index (χ1n) is 11.0. The van der Waals surface area contributed by atoms with E-state index in [9.17, 15) is 14.4 Å². The minimum absolute atomic E-state index is 0.0787. The lowest BCUT2D eigenvalue weighted by Crippen LogP contribution is -2.44. The predicted molar refractivity (Wildman–Crippen MR) is 126 cm³/mol. The second kappa shape index (κ2) is 10.2. The highest BCUT2D eigenvalue weighted by Gasteiger charge is 2.30. The average molecular weight is 460 g/mol. The van der Waals surface area contributed by atoms with Crippen molar-refractivity contribution in [3.05, 3.63) is 83.7 Å². The van der Waals surface area contributed by atoms with Crippen molar-refractivity contribution >= 4 is 23.7 Å². The maximum atomic E-state index is 12.8. The third-order valence-corrected chi connectivity index (χ3v) is 5.86. The molecular formula is C26H25N3O5. The Morgan fingerprint density at radius 2 is 1.65 bits per heavy atom. The third-order valence-electron chi connectivity index (χ3n) is 5.86. The molecule has 0 radical (unpaired) electrons. The van der Waals surface area contributed by atoms with Crippen LogP contribution in [0.3, 0.4) is 0 Å². The molecule has 4 rings (SSSR count). The van der Waals surface area contributed by atoms with E-state index in [1.807, 2.05) is 48.5 Å². The zero-order valence-electron chi connectivity index (χ0n) is 18.7. The van der Waals surface area contributed by atoms with Crippen molar-refractivity contribution in [3.63, 3.8) is 0 Å². The molecular weight excluding hydrogens is 434 g/mol. The van der Waals surface area contributed by atoms with Gasteiger partial charge in [0.05, 0.1) is 11.4 Å². The number of hydrogen-bond donors (Lipinski definition) is 3. The average Bonchev–Trinajstić information content (AvgIpc) is 3.15. The number of amides is 2. The molecule has 34 heavy (non-hydrogen) atoms. The first kappa shape index (κ1) is 23.0. The largest absolute Gasteiger partial charge is 0.481 e. The fourth-order valence-corrected chi connectivity index (χ4v) is 4.16. The van der Waals surface area contributed by atoms with E-state index in [1.54, 1.807) is 25.3 Å². The van der Waals surface area contributed by atoms with E-state index in [2.05, 4.69) is 15.6 Å². The first-order chi connectivity index (χ1) is 16.4. The maximum Gasteiger partial charge on any atom is 0.407 e. The summed E-state index contributed by atoms with van der Waals surface area (Å²) < 4.78 is 5.51. The fourth-order valence-electron chi connectivity index (χ4n) is 4.16. The van der Waals surface area contributed by atoms with Gasteiger partial charge in [-0.25, -0.2) is 4.79 Å². The van der Waals surface area contributed by atoms with Crippen LogP contribution in [-0.2, 0) is 14.3 Å². The molecule has 0 aliphatic heterocycles. The van der Waals surface area contributed by atoms with Crippen LogP contribution in [0.25, 0.3) is 11.1 Å². The number of benzene rings is 2. The van der Waals surface area contributed by atoms with E-state index < -0.39 is 24.0 Å². The lowest BCUT2D eigenvalue weighted by atomic mass is 9.98. The third kappa shape index (κ3) is 5.06. The molecule has 1 aromatic heterocycles. The molecule has 1 unspecified atom stereocenters. The van der Waals surface area contributed by atoms with E-state index in [0.29, 0.717) is 11.4 Å². The highest BCUT2D eigenvalue weighted by Crippen LogP contribution is 2.44. The Morgan fingerprint density at radius 3 is 2.26 bits per heavy atom. The van der Waals surface area contributed by atoms with Crippen molar-refractivity contribution in [3.8, 4) is 11.1 Å². The lowest BCUT2D eigenvalue weighted by Gasteiger charge is -2.19. The summed E-state index contributed by atoms with van der Waals surface area (Å²) in [4.78, 5) is 40.6. The van der Waals surface area contributed by atoms with Crippen molar-refractivity contribution in [2.24, 2.45) is 0 Å². The van der Waals surface area contributed by atoms with Crippen LogP contribution in [0.2, 0.25) is 0 Å². The molecule has 2 amide bonds. The SMILES string of the molecule is Cc1ncccc1NC(=O)C(CCC(=O)O)NC(=O)OCC1c2ccccc2-c2ccccc21. The number of carbonyl (C=O) groups excluding carboxylic acids is 2. The van der Waals surface area contributed by atoms with Gasteiger partial charge in [-0.3, -0.25) is 14.6 Å². The van der Waals surface area contributed by atoms with Crippen molar-refractivity contribution in [2.75, 3.05) is 11.9 Å². The number of aryl methyl sites for hydroxylation is 1. The Hall–Kier alpha value is -4.20. The minimum atomic E-state index is -1.08. The number of carboxylic acids is 1. The molecule has 0 fully saturated rings. The Balaban J connectivity index is 1.43. The van der Waals surface area contributed by atoms with Crippen molar-refractivity contribution in [1.82, 2.24) is 10.3 Å². The van der Waals surface area contributed by atoms with Crippen LogP contribution in [0, 0.1) is 6.92 Å². The number of rotatable bonds is 8. The van der Waals surface area contributed by atoms with Crippen LogP contribution in [0.5, 0.6) is 0 Å². The topological polar surface area (TPSA) is 118 Å². The molecule has 2 aromatic carbocycles. The lowest BCUT2D eigenvalue weighted by molar-refractivity contribution is -0.137. The van der Waals surface area contributed by atoms with Crippen LogP contribution in [0.15, 0.2) is 66.9 Å². The summed E-state index contributed by atoms with van der Waals surface area (Å²) in [6, 6.07) is 18.2. The van der Waals surface area contributed by atoms with E-state index in [-0.39, 0.29) is 25.4 Å². The summed E-state index contributed by atoms with van der Waals surface area (Å²) in [5.41, 5.74) is 5.46. The number of ether oxygens (including phenoxy) is 1. The first-order valence-corrected chi connectivity index (χ1v) is 11.0. The number of alkyl carbamates (subject to hydrolysis) is 1. The molecule has 0 spiro atoms. The van der Waals surface area contributed by atoms with Gasteiger partial charge in [-0.05, 0) is 47.7 Å². The summed E-state index contributed by atoms with van der Waals surface area (Å²) in [7, 11) is 0. The highest BCUT2D eigenvalue weighted by atomic mass is 16.5. The summed E-state index contributed by atoms with van der Waals surface area (Å²) in [5.74, 6) is -1.72. The number of aromatic nitrogens is 1. The van der Waals surface area contributed by atoms with Gasteiger partial charge >= 0.3 is 12.1 Å². The quantitative estimate of drug-likeness (QED) is 0.467. The number of aliphatic carboxylic acids is 1. The molecule has 1 aliphatic carbocycles. The molecule has 1 aliphatic rings. The van der Waals surface area contributed by atoms with Gasteiger partial charge in [0.15, 0.2) is 0 Å². The van der Waals surface area contributed by atoms with Gasteiger partial charge < -0.3 is 20.5 Å². The Kier molecular flexibility index (Phi) is 6.87.